The maximum absolute atomic E-state index is 9.46. The number of aryl methyl sites for hydroxylation is 2. The fourth-order valence-corrected chi connectivity index (χ4v) is 3.80. The van der Waals surface area contributed by atoms with Gasteiger partial charge in [0.15, 0.2) is 0 Å². The normalized spacial score (nSPS) is 12.0. The zero-order chi connectivity index (χ0) is 21.1. The lowest BCUT2D eigenvalue weighted by Crippen LogP contribution is -2.24. The van der Waals surface area contributed by atoms with Crippen molar-refractivity contribution in [2.24, 2.45) is 4.99 Å². The molecule has 152 valence electrons. The van der Waals surface area contributed by atoms with Crippen LogP contribution in [0.3, 0.4) is 0 Å². The van der Waals surface area contributed by atoms with Crippen LogP contribution >= 0.6 is 0 Å². The molecule has 1 N–H and O–H groups in total. The Morgan fingerprint density at radius 1 is 0.966 bits per heavy atom. The van der Waals surface area contributed by atoms with Crippen LogP contribution in [0.1, 0.15) is 47.6 Å². The highest BCUT2D eigenvalue weighted by atomic mass is 16.3. The molecule has 3 rings (SSSR count). The number of amidine groups is 1. The van der Waals surface area contributed by atoms with Gasteiger partial charge in [-0.2, -0.15) is 0 Å². The summed E-state index contributed by atoms with van der Waals surface area (Å²) < 4.78 is 0. The van der Waals surface area contributed by atoms with Gasteiger partial charge >= 0.3 is 0 Å². The molecule has 0 saturated carbocycles. The summed E-state index contributed by atoms with van der Waals surface area (Å²) in [5.74, 6) is 1.81. The second kappa shape index (κ2) is 8.69. The lowest BCUT2D eigenvalue weighted by molar-refractivity contribution is 0.475. The van der Waals surface area contributed by atoms with Gasteiger partial charge in [0, 0.05) is 26.2 Å². The molecule has 2 aliphatic carbocycles. The summed E-state index contributed by atoms with van der Waals surface area (Å²) in [7, 11) is 4.12. The van der Waals surface area contributed by atoms with Crippen molar-refractivity contribution in [1.29, 1.82) is 0 Å². The first-order chi connectivity index (χ1) is 13.8. The van der Waals surface area contributed by atoms with Crippen LogP contribution in [0.25, 0.3) is 11.1 Å². The molecule has 29 heavy (non-hydrogen) atoms. The molecule has 0 amide bonds. The first-order valence-electron chi connectivity index (χ1n) is 10.3. The van der Waals surface area contributed by atoms with Crippen LogP contribution < -0.4 is 0 Å². The van der Waals surface area contributed by atoms with E-state index in [0.29, 0.717) is 18.2 Å². The fraction of sp³-hybridized carbons (Fsp3) is 0.346. The summed E-state index contributed by atoms with van der Waals surface area (Å²) in [6.07, 6.45) is 0.847. The summed E-state index contributed by atoms with van der Waals surface area (Å²) in [6.45, 7) is 9.58. The number of phenolic OH excluding ortho intramolecular Hbond substituents is 1. The predicted octanol–water partition coefficient (Wildman–Crippen LogP) is 5.79. The summed E-state index contributed by atoms with van der Waals surface area (Å²) in [5.41, 5.74) is 8.94. The van der Waals surface area contributed by atoms with Crippen LogP contribution in [0, 0.1) is 13.8 Å². The predicted molar refractivity (Wildman–Crippen MR) is 124 cm³/mol. The molecule has 0 bridgehead atoms. The first kappa shape index (κ1) is 20.9. The summed E-state index contributed by atoms with van der Waals surface area (Å²) >= 11 is 0. The van der Waals surface area contributed by atoms with E-state index in [1.165, 1.54) is 38.9 Å². The highest BCUT2D eigenvalue weighted by Gasteiger charge is 2.20. The monoisotopic (exact) mass is 388 g/mol. The SMILES string of the molecule is Cc1cc(C(=NCCc2ccc(O)cc2)N(C)C)c2c(C)ccc(C(C)C)cc1-2. The van der Waals surface area contributed by atoms with E-state index < -0.39 is 0 Å². The number of benzene rings is 1. The van der Waals surface area contributed by atoms with E-state index in [1.54, 1.807) is 12.1 Å². The zero-order valence-corrected chi connectivity index (χ0v) is 18.5. The first-order valence-corrected chi connectivity index (χ1v) is 10.3. The lowest BCUT2D eigenvalue weighted by Gasteiger charge is -2.17. The van der Waals surface area contributed by atoms with Crippen LogP contribution in [0.15, 0.2) is 53.5 Å². The molecule has 0 atom stereocenters. The van der Waals surface area contributed by atoms with Gasteiger partial charge in [0.1, 0.15) is 11.6 Å². The van der Waals surface area contributed by atoms with Gasteiger partial charge in [-0.3, -0.25) is 4.99 Å². The Labute approximate surface area is 175 Å². The Balaban J connectivity index is 1.98. The Hall–Kier alpha value is -2.81. The van der Waals surface area contributed by atoms with E-state index in [9.17, 15) is 5.11 Å². The van der Waals surface area contributed by atoms with Gasteiger partial charge in [0.05, 0.1) is 0 Å². The van der Waals surface area contributed by atoms with E-state index in [1.807, 2.05) is 12.1 Å². The van der Waals surface area contributed by atoms with Crippen molar-refractivity contribution in [1.82, 2.24) is 4.90 Å². The van der Waals surface area contributed by atoms with E-state index >= 15 is 0 Å². The zero-order valence-electron chi connectivity index (χ0n) is 18.5. The molecule has 3 heteroatoms. The minimum absolute atomic E-state index is 0.300. The van der Waals surface area contributed by atoms with E-state index in [-0.39, 0.29) is 0 Å². The standard InChI is InChI=1S/C26H32N2O/c1-17(2)21-10-7-18(3)25-23(16-21)19(4)15-24(25)26(28(5)6)27-14-13-20-8-11-22(29)12-9-20/h7-12,15-17,29H,13-14H2,1-6H3. The molecule has 3 nitrogen and oxygen atoms in total. The van der Waals surface area contributed by atoms with Crippen molar-refractivity contribution in [2.75, 3.05) is 20.6 Å². The Kier molecular flexibility index (Phi) is 6.26. The van der Waals surface area contributed by atoms with Crippen molar-refractivity contribution in [3.05, 3.63) is 76.3 Å². The number of aromatic hydroxyl groups is 1. The molecule has 0 heterocycles. The third-order valence-corrected chi connectivity index (χ3v) is 5.49. The van der Waals surface area contributed by atoms with Gasteiger partial charge in [0.2, 0.25) is 0 Å². The minimum atomic E-state index is 0.300. The Bertz CT molecular complexity index is 984. The highest BCUT2D eigenvalue weighted by Crippen LogP contribution is 2.36. The van der Waals surface area contributed by atoms with Crippen LogP contribution in [-0.2, 0) is 6.42 Å². The molecular weight excluding hydrogens is 356 g/mol. The third-order valence-electron chi connectivity index (χ3n) is 5.49. The highest BCUT2D eigenvalue weighted by molar-refractivity contribution is 6.07. The Morgan fingerprint density at radius 3 is 2.28 bits per heavy atom. The van der Waals surface area contributed by atoms with Gasteiger partial charge in [-0.05, 0) is 77.8 Å². The number of hydrogen-bond donors (Lipinski definition) is 1. The van der Waals surface area contributed by atoms with Crippen molar-refractivity contribution in [2.45, 2.75) is 40.0 Å². The second-order valence-corrected chi connectivity index (χ2v) is 8.36. The van der Waals surface area contributed by atoms with Gasteiger partial charge in [-0.25, -0.2) is 0 Å². The van der Waals surface area contributed by atoms with Crippen LogP contribution in [-0.4, -0.2) is 36.5 Å². The topological polar surface area (TPSA) is 35.8 Å². The lowest BCUT2D eigenvalue weighted by atomic mass is 10.00. The number of nitrogens with zero attached hydrogens (tertiary/aromatic N) is 2. The summed E-state index contributed by atoms with van der Waals surface area (Å²) in [6, 6.07) is 16.5. The third kappa shape index (κ3) is 4.61. The Morgan fingerprint density at radius 2 is 1.66 bits per heavy atom. The molecular formula is C26H32N2O. The average molecular weight is 389 g/mol. The van der Waals surface area contributed by atoms with Gasteiger partial charge in [-0.1, -0.05) is 44.2 Å². The molecule has 0 fully saturated rings. The number of aliphatic imine (C=N–C) groups is 1. The van der Waals surface area contributed by atoms with Crippen molar-refractivity contribution in [3.8, 4) is 16.9 Å². The average Bonchev–Trinajstić information content (AvgIpc) is 2.87. The van der Waals surface area contributed by atoms with Crippen molar-refractivity contribution >= 4 is 5.84 Å². The molecule has 0 radical (unpaired) electrons. The van der Waals surface area contributed by atoms with Gasteiger partial charge < -0.3 is 10.0 Å². The molecule has 2 aliphatic rings. The van der Waals surface area contributed by atoms with Gasteiger partial charge in [0.25, 0.3) is 0 Å². The van der Waals surface area contributed by atoms with Crippen molar-refractivity contribution < 1.29 is 5.11 Å². The van der Waals surface area contributed by atoms with E-state index in [4.69, 9.17) is 4.99 Å². The molecule has 0 spiro atoms. The molecule has 1 aromatic carbocycles. The molecule has 0 aliphatic heterocycles. The summed E-state index contributed by atoms with van der Waals surface area (Å²) in [4.78, 5) is 7.09. The van der Waals surface area contributed by atoms with Crippen molar-refractivity contribution in [3.63, 3.8) is 0 Å². The number of fused-ring (bicyclic) bond motifs is 1. The number of phenols is 1. The minimum Gasteiger partial charge on any atom is -0.508 e. The second-order valence-electron chi connectivity index (χ2n) is 8.36. The maximum atomic E-state index is 9.46. The quantitative estimate of drug-likeness (QED) is 0.444. The van der Waals surface area contributed by atoms with Gasteiger partial charge in [-0.15, -0.1) is 0 Å². The fourth-order valence-electron chi connectivity index (χ4n) is 3.80. The smallest absolute Gasteiger partial charge is 0.131 e. The molecule has 0 aromatic heterocycles. The largest absolute Gasteiger partial charge is 0.508 e. The van der Waals surface area contributed by atoms with E-state index in [2.05, 4.69) is 71.0 Å². The molecule has 0 saturated heterocycles. The molecule has 0 unspecified atom stereocenters. The number of hydrogen-bond acceptors (Lipinski definition) is 2. The van der Waals surface area contributed by atoms with E-state index in [0.717, 1.165) is 12.3 Å². The molecule has 1 aromatic rings. The van der Waals surface area contributed by atoms with Crippen LogP contribution in [0.4, 0.5) is 0 Å². The van der Waals surface area contributed by atoms with Crippen LogP contribution in [0.5, 0.6) is 5.75 Å². The van der Waals surface area contributed by atoms with Crippen LogP contribution in [0.2, 0.25) is 0 Å². The maximum Gasteiger partial charge on any atom is 0.131 e. The summed E-state index contributed by atoms with van der Waals surface area (Å²) in [5, 5.41) is 9.46. The number of rotatable bonds is 5.